The molecule has 1 aliphatic rings. The molecule has 5 nitrogen and oxygen atoms in total. The number of pyridine rings is 1. The highest BCUT2D eigenvalue weighted by atomic mass is 32.2. The van der Waals surface area contributed by atoms with E-state index >= 15 is 0 Å². The first-order valence-electron chi connectivity index (χ1n) is 23.0. The summed E-state index contributed by atoms with van der Waals surface area (Å²) < 4.78 is 33.7. The maximum absolute atomic E-state index is 10.4. The van der Waals surface area contributed by atoms with Gasteiger partial charge >= 0.3 is 0 Å². The van der Waals surface area contributed by atoms with Crippen LogP contribution in [0.3, 0.4) is 0 Å². The quantitative estimate of drug-likeness (QED) is 0.0394. The summed E-state index contributed by atoms with van der Waals surface area (Å²) in [4.78, 5) is 2.51. The molecule has 306 valence electrons. The van der Waals surface area contributed by atoms with E-state index in [1.807, 2.05) is 0 Å². The van der Waals surface area contributed by atoms with Crippen molar-refractivity contribution in [1.82, 2.24) is 4.90 Å². The number of hydrogen-bond donors (Lipinski definition) is 0. The lowest BCUT2D eigenvalue weighted by Gasteiger charge is -2.18. The van der Waals surface area contributed by atoms with Crippen LogP contribution in [0.5, 0.6) is 0 Å². The molecule has 1 unspecified atom stereocenters. The molecule has 52 heavy (non-hydrogen) atoms. The Morgan fingerprint density at radius 3 is 1.31 bits per heavy atom. The molecule has 0 spiro atoms. The summed E-state index contributed by atoms with van der Waals surface area (Å²) >= 11 is 0. The first-order valence-corrected chi connectivity index (χ1v) is 24.6. The molecular formula is C46H88N2O3S. The van der Waals surface area contributed by atoms with E-state index in [0.29, 0.717) is 12.5 Å². The molecule has 1 aromatic heterocycles. The van der Waals surface area contributed by atoms with E-state index in [9.17, 15) is 13.0 Å². The van der Waals surface area contributed by atoms with Crippen LogP contribution in [0.1, 0.15) is 244 Å². The van der Waals surface area contributed by atoms with Crippen molar-refractivity contribution in [1.29, 1.82) is 0 Å². The number of rotatable bonds is 35. The number of unbranched alkanes of at least 4 members (excludes halogenated alkanes) is 30. The van der Waals surface area contributed by atoms with Gasteiger partial charge in [0, 0.05) is 29.8 Å². The van der Waals surface area contributed by atoms with Gasteiger partial charge in [-0.1, -0.05) is 200 Å². The van der Waals surface area contributed by atoms with Crippen molar-refractivity contribution in [2.75, 3.05) is 19.3 Å². The van der Waals surface area contributed by atoms with Crippen LogP contribution in [0.25, 0.3) is 0 Å². The van der Waals surface area contributed by atoms with E-state index in [-0.39, 0.29) is 5.75 Å². The van der Waals surface area contributed by atoms with Gasteiger partial charge in [-0.15, -0.1) is 0 Å². The van der Waals surface area contributed by atoms with Crippen LogP contribution < -0.4 is 4.57 Å². The first kappa shape index (κ1) is 49.0. The molecule has 2 heterocycles. The summed E-state index contributed by atoms with van der Waals surface area (Å²) in [5.74, 6) is -0.189. The normalized spacial score (nSPS) is 14.9. The van der Waals surface area contributed by atoms with Crippen molar-refractivity contribution in [2.45, 2.75) is 245 Å². The Bertz CT molecular complexity index is 1000. The number of aryl methyl sites for hydroxylation is 1. The van der Waals surface area contributed by atoms with E-state index in [1.165, 1.54) is 218 Å². The molecule has 1 aromatic rings. The summed E-state index contributed by atoms with van der Waals surface area (Å²) in [5, 5.41) is 0. The van der Waals surface area contributed by atoms with E-state index in [4.69, 9.17) is 0 Å². The minimum Gasteiger partial charge on any atom is -0.748 e. The van der Waals surface area contributed by atoms with Crippen molar-refractivity contribution in [3.63, 3.8) is 0 Å². The lowest BCUT2D eigenvalue weighted by Crippen LogP contribution is -2.34. The van der Waals surface area contributed by atoms with Gasteiger partial charge < -0.3 is 4.55 Å². The van der Waals surface area contributed by atoms with Crippen molar-refractivity contribution in [3.05, 3.63) is 30.1 Å². The highest BCUT2D eigenvalue weighted by Gasteiger charge is 2.24. The van der Waals surface area contributed by atoms with Gasteiger partial charge in [0.1, 0.15) is 6.54 Å². The van der Waals surface area contributed by atoms with Crippen LogP contribution in [0, 0.1) is 0 Å². The second-order valence-electron chi connectivity index (χ2n) is 16.4. The lowest BCUT2D eigenvalue weighted by molar-refractivity contribution is -0.697. The van der Waals surface area contributed by atoms with E-state index < -0.39 is 10.1 Å². The Labute approximate surface area is 325 Å². The molecule has 0 aromatic carbocycles. The lowest BCUT2D eigenvalue weighted by atomic mass is 10.0. The highest BCUT2D eigenvalue weighted by Crippen LogP contribution is 2.29. The Hall–Kier alpha value is -0.980. The molecule has 6 heteroatoms. The monoisotopic (exact) mass is 749 g/mol. The van der Waals surface area contributed by atoms with E-state index in [0.717, 1.165) is 12.8 Å². The third-order valence-electron chi connectivity index (χ3n) is 11.3. The van der Waals surface area contributed by atoms with E-state index in [1.54, 1.807) is 0 Å². The van der Waals surface area contributed by atoms with Gasteiger partial charge in [-0.25, -0.2) is 13.0 Å². The molecule has 2 rings (SSSR count). The molecular weight excluding hydrogens is 661 g/mol. The third-order valence-corrected chi connectivity index (χ3v) is 12.1. The summed E-state index contributed by atoms with van der Waals surface area (Å²) in [6, 6.07) is 5.20. The maximum atomic E-state index is 10.4. The second-order valence-corrected chi connectivity index (χ2v) is 17.9. The van der Waals surface area contributed by atoms with Crippen LogP contribution in [0.15, 0.2) is 24.5 Å². The largest absolute Gasteiger partial charge is 0.748 e. The predicted octanol–water partition coefficient (Wildman–Crippen LogP) is 13.8. The number of likely N-dealkylation sites (tertiary alicyclic amines) is 1. The second kappa shape index (κ2) is 35.7. The van der Waals surface area contributed by atoms with E-state index in [2.05, 4.69) is 54.9 Å². The number of nitrogens with zero attached hydrogens (tertiary/aromatic N) is 2. The molecule has 1 atom stereocenters. The maximum Gasteiger partial charge on any atom is 0.173 e. The van der Waals surface area contributed by atoms with Crippen molar-refractivity contribution >= 4 is 10.1 Å². The van der Waals surface area contributed by atoms with Crippen molar-refractivity contribution in [3.8, 4) is 0 Å². The molecule has 0 amide bonds. The molecule has 0 radical (unpaired) electrons. The topological polar surface area (TPSA) is 64.3 Å². The fourth-order valence-electron chi connectivity index (χ4n) is 7.88. The van der Waals surface area contributed by atoms with Crippen molar-refractivity contribution in [2.24, 2.45) is 0 Å². The minimum atomic E-state index is -3.99. The van der Waals surface area contributed by atoms with Crippen LogP contribution in [-0.4, -0.2) is 37.2 Å². The zero-order chi connectivity index (χ0) is 37.8. The summed E-state index contributed by atoms with van der Waals surface area (Å²) in [5.41, 5.74) is 1.51. The number of hydrogen-bond acceptors (Lipinski definition) is 4. The van der Waals surface area contributed by atoms with Gasteiger partial charge in [0.05, 0.1) is 10.1 Å². The third kappa shape index (κ3) is 31.4. The molecule has 1 fully saturated rings. The van der Waals surface area contributed by atoms with Crippen molar-refractivity contribution < 1.29 is 17.5 Å². The molecule has 0 N–H and O–H groups in total. The van der Waals surface area contributed by atoms with Gasteiger partial charge in [-0.2, -0.15) is 0 Å². The van der Waals surface area contributed by atoms with Gasteiger partial charge in [0.25, 0.3) is 0 Å². The average Bonchev–Trinajstić information content (AvgIpc) is 3.57. The smallest absolute Gasteiger partial charge is 0.173 e. The van der Waals surface area contributed by atoms with Gasteiger partial charge in [0.15, 0.2) is 12.4 Å². The van der Waals surface area contributed by atoms with Gasteiger partial charge in [0.2, 0.25) is 0 Å². The summed E-state index contributed by atoms with van der Waals surface area (Å²) in [6.45, 7) is 6.99. The van der Waals surface area contributed by atoms with Gasteiger partial charge in [-0.05, 0) is 45.3 Å². The Morgan fingerprint density at radius 2 is 0.962 bits per heavy atom. The SMILES string of the molecule is CCCCCCCCCCCCCCCCCCS(=O)(=O)[O-].CCCCCCCCCCCCCCCCCC[n+]1cccc(C2CCCN2C)c1. The Balaban J connectivity index is 0.000000548. The molecule has 0 saturated carbocycles. The zero-order valence-electron chi connectivity index (χ0n) is 35.1. The molecule has 0 aliphatic carbocycles. The van der Waals surface area contributed by atoms with Gasteiger partial charge in [-0.3, -0.25) is 4.90 Å². The standard InChI is InChI=1S/C28H51N2.C18H38O3S/c1-3-4-5-6-7-8-9-10-11-12-13-14-15-16-17-18-24-30-25-19-21-27(26-30)28-22-20-23-29(28)2;1-2-3-4-5-6-7-8-9-10-11-12-13-14-15-16-17-18-22(19,20)21/h19,21,25-26,28H,3-18,20,22-24H2,1-2H3;2-18H2,1H3,(H,19,20,21)/q+1;/p-1. The van der Waals surface area contributed by atoms with Crippen LogP contribution in [-0.2, 0) is 16.7 Å². The molecule has 1 aliphatic heterocycles. The summed E-state index contributed by atoms with van der Waals surface area (Å²) in [6.07, 6.45) is 50.4. The fraction of sp³-hybridized carbons (Fsp3) is 0.891. The zero-order valence-corrected chi connectivity index (χ0v) is 35.9. The minimum absolute atomic E-state index is 0.189. The van der Waals surface area contributed by atoms with Crippen LogP contribution in [0.2, 0.25) is 0 Å². The summed E-state index contributed by atoms with van der Waals surface area (Å²) in [7, 11) is -1.73. The predicted molar refractivity (Wildman–Crippen MR) is 225 cm³/mol. The molecule has 0 bridgehead atoms. The first-order chi connectivity index (χ1) is 25.4. The fourth-order valence-corrected chi connectivity index (χ4v) is 8.44. The van der Waals surface area contributed by atoms with Crippen LogP contribution in [0.4, 0.5) is 0 Å². The average molecular weight is 749 g/mol. The number of aromatic nitrogens is 1. The Morgan fingerprint density at radius 1 is 0.596 bits per heavy atom. The van der Waals surface area contributed by atoms with Crippen LogP contribution >= 0.6 is 0 Å². The molecule has 1 saturated heterocycles. The highest BCUT2D eigenvalue weighted by molar-refractivity contribution is 7.85. The Kier molecular flexibility index (Phi) is 33.7.